The fourth-order valence-electron chi connectivity index (χ4n) is 1.74. The average Bonchev–Trinajstić information content (AvgIpc) is 2.02. The highest BCUT2D eigenvalue weighted by molar-refractivity contribution is 6.70. The minimum atomic E-state index is -1.38. The van der Waals surface area contributed by atoms with E-state index in [0.29, 0.717) is 5.92 Å². The van der Waals surface area contributed by atoms with Crippen LogP contribution in [0.2, 0.25) is 19.6 Å². The van der Waals surface area contributed by atoms with Gasteiger partial charge in [-0.1, -0.05) is 12.2 Å². The molecule has 1 aliphatic carbocycles. The van der Waals surface area contributed by atoms with Crippen LogP contribution in [0.3, 0.4) is 0 Å². The first-order valence-corrected chi connectivity index (χ1v) is 8.83. The summed E-state index contributed by atoms with van der Waals surface area (Å²) in [4.78, 5) is 0. The summed E-state index contributed by atoms with van der Waals surface area (Å²) in [5.41, 5.74) is 1.31. The van der Waals surface area contributed by atoms with Gasteiger partial charge in [0, 0.05) is 6.42 Å². The van der Waals surface area contributed by atoms with Crippen LogP contribution in [-0.2, 0) is 4.43 Å². The Balaban J connectivity index is 2.49. The Hall–Kier alpha value is -0.503. The van der Waals surface area contributed by atoms with Crippen molar-refractivity contribution in [1.29, 1.82) is 0 Å². The maximum atomic E-state index is 5.98. The summed E-state index contributed by atoms with van der Waals surface area (Å²) < 4.78 is 5.98. The largest absolute Gasteiger partial charge is 0.548 e. The van der Waals surface area contributed by atoms with E-state index < -0.39 is 8.32 Å². The van der Waals surface area contributed by atoms with Gasteiger partial charge in [-0.15, -0.1) is 0 Å². The van der Waals surface area contributed by atoms with Crippen LogP contribution in [0, 0.1) is 5.92 Å². The van der Waals surface area contributed by atoms with E-state index in [4.69, 9.17) is 4.43 Å². The molecule has 2 heteroatoms. The summed E-state index contributed by atoms with van der Waals surface area (Å²) >= 11 is 0. The minimum absolute atomic E-state index is 0.684. The average molecular weight is 210 g/mol. The topological polar surface area (TPSA) is 9.23 Å². The van der Waals surface area contributed by atoms with Crippen molar-refractivity contribution in [3.05, 3.63) is 24.0 Å². The third-order valence-electron chi connectivity index (χ3n) is 2.50. The molecule has 14 heavy (non-hydrogen) atoms. The molecule has 0 aliphatic heterocycles. The molecule has 1 nitrogen and oxygen atoms in total. The zero-order valence-electron chi connectivity index (χ0n) is 9.89. The lowest BCUT2D eigenvalue weighted by atomic mass is 9.88. The van der Waals surface area contributed by atoms with Gasteiger partial charge < -0.3 is 4.43 Å². The number of hydrogen-bond donors (Lipinski definition) is 0. The van der Waals surface area contributed by atoms with Gasteiger partial charge in [-0.05, 0) is 51.4 Å². The summed E-state index contributed by atoms with van der Waals surface area (Å²) in [5.74, 6) is 1.91. The second kappa shape index (κ2) is 4.35. The summed E-state index contributed by atoms with van der Waals surface area (Å²) in [6.07, 6.45) is 5.70. The van der Waals surface area contributed by atoms with Crippen molar-refractivity contribution in [3.8, 4) is 0 Å². The van der Waals surface area contributed by atoms with Gasteiger partial charge in [0.15, 0.2) is 0 Å². The Morgan fingerprint density at radius 3 is 2.50 bits per heavy atom. The van der Waals surface area contributed by atoms with Crippen LogP contribution in [0.1, 0.15) is 26.2 Å². The van der Waals surface area contributed by atoms with E-state index in [-0.39, 0.29) is 0 Å². The van der Waals surface area contributed by atoms with Crippen LogP contribution in [0.15, 0.2) is 24.0 Å². The molecule has 0 fully saturated rings. The zero-order valence-corrected chi connectivity index (χ0v) is 10.9. The van der Waals surface area contributed by atoms with E-state index in [2.05, 4.69) is 39.2 Å². The fraction of sp³-hybridized carbons (Fsp3) is 0.667. The predicted octanol–water partition coefficient (Wildman–Crippen LogP) is 4.10. The molecule has 0 aromatic rings. The Morgan fingerprint density at radius 2 is 2.14 bits per heavy atom. The standard InChI is InChI=1S/C12H22OSi/c1-10(2)11-6-8-12(9-7-11)13-14(3,4)5/h8,11H,1,6-7,9H2,2-5H3/t11-/m1/s1. The molecule has 1 atom stereocenters. The van der Waals surface area contributed by atoms with Crippen molar-refractivity contribution in [3.63, 3.8) is 0 Å². The molecule has 0 spiro atoms. The zero-order chi connectivity index (χ0) is 10.8. The van der Waals surface area contributed by atoms with Crippen LogP contribution in [0.25, 0.3) is 0 Å². The molecule has 0 radical (unpaired) electrons. The van der Waals surface area contributed by atoms with Gasteiger partial charge in [-0.25, -0.2) is 0 Å². The minimum Gasteiger partial charge on any atom is -0.548 e. The highest BCUT2D eigenvalue weighted by atomic mass is 28.4. The molecule has 1 rings (SSSR count). The van der Waals surface area contributed by atoms with E-state index in [0.717, 1.165) is 12.8 Å². The first kappa shape index (κ1) is 11.6. The molecule has 80 valence electrons. The van der Waals surface area contributed by atoms with Crippen molar-refractivity contribution in [2.24, 2.45) is 5.92 Å². The van der Waals surface area contributed by atoms with Crippen molar-refractivity contribution >= 4 is 8.32 Å². The molecule has 0 aromatic carbocycles. The van der Waals surface area contributed by atoms with E-state index >= 15 is 0 Å². The molecule has 0 bridgehead atoms. The molecule has 0 N–H and O–H groups in total. The second-order valence-electron chi connectivity index (χ2n) is 5.20. The van der Waals surface area contributed by atoms with Crippen LogP contribution in [0.4, 0.5) is 0 Å². The van der Waals surface area contributed by atoms with Crippen LogP contribution >= 0.6 is 0 Å². The first-order valence-electron chi connectivity index (χ1n) is 5.42. The molecule has 0 unspecified atom stereocenters. The lowest BCUT2D eigenvalue weighted by molar-refractivity contribution is 0.360. The highest BCUT2D eigenvalue weighted by Crippen LogP contribution is 2.29. The lowest BCUT2D eigenvalue weighted by Gasteiger charge is -2.27. The molecule has 1 aliphatic rings. The lowest BCUT2D eigenvalue weighted by Crippen LogP contribution is -2.26. The summed E-state index contributed by atoms with van der Waals surface area (Å²) in [6, 6.07) is 0. The third kappa shape index (κ3) is 3.70. The van der Waals surface area contributed by atoms with Crippen LogP contribution in [-0.4, -0.2) is 8.32 Å². The number of rotatable bonds is 3. The number of allylic oxidation sites excluding steroid dienone is 3. The Bertz CT molecular complexity index is 248. The smallest absolute Gasteiger partial charge is 0.241 e. The fourth-order valence-corrected chi connectivity index (χ4v) is 2.72. The van der Waals surface area contributed by atoms with E-state index in [1.807, 2.05) is 0 Å². The maximum absolute atomic E-state index is 5.98. The van der Waals surface area contributed by atoms with Crippen molar-refractivity contribution in [2.45, 2.75) is 45.8 Å². The van der Waals surface area contributed by atoms with Gasteiger partial charge >= 0.3 is 0 Å². The first-order chi connectivity index (χ1) is 6.38. The van der Waals surface area contributed by atoms with Gasteiger partial charge in [-0.3, -0.25) is 0 Å². The van der Waals surface area contributed by atoms with Crippen molar-refractivity contribution in [1.82, 2.24) is 0 Å². The van der Waals surface area contributed by atoms with Gasteiger partial charge in [0.25, 0.3) is 0 Å². The Labute approximate surface area is 89.0 Å². The SMILES string of the molecule is C=C(C)[C@@H]1CC=C(O[Si](C)(C)C)CC1. The van der Waals surface area contributed by atoms with E-state index in [9.17, 15) is 0 Å². The highest BCUT2D eigenvalue weighted by Gasteiger charge is 2.21. The summed E-state index contributed by atoms with van der Waals surface area (Å²) in [6.45, 7) is 12.8. The quantitative estimate of drug-likeness (QED) is 0.503. The van der Waals surface area contributed by atoms with Gasteiger partial charge in [0.05, 0.1) is 5.76 Å². The normalized spacial score (nSPS) is 22.9. The Morgan fingerprint density at radius 1 is 1.50 bits per heavy atom. The molecular weight excluding hydrogens is 188 g/mol. The monoisotopic (exact) mass is 210 g/mol. The summed E-state index contributed by atoms with van der Waals surface area (Å²) in [5, 5.41) is 0. The molecule has 0 heterocycles. The molecule has 0 aromatic heterocycles. The van der Waals surface area contributed by atoms with Gasteiger partial charge in [-0.2, -0.15) is 0 Å². The Kier molecular flexibility index (Phi) is 3.59. The second-order valence-corrected chi connectivity index (χ2v) is 9.63. The van der Waals surface area contributed by atoms with Gasteiger partial charge in [0.2, 0.25) is 8.32 Å². The predicted molar refractivity (Wildman–Crippen MR) is 64.7 cm³/mol. The molecular formula is C12H22OSi. The molecule has 0 amide bonds. The van der Waals surface area contributed by atoms with E-state index in [1.165, 1.54) is 17.8 Å². The summed E-state index contributed by atoms with van der Waals surface area (Å²) in [7, 11) is -1.38. The van der Waals surface area contributed by atoms with Crippen LogP contribution in [0.5, 0.6) is 0 Å². The molecule has 0 saturated carbocycles. The third-order valence-corrected chi connectivity index (χ3v) is 3.38. The van der Waals surface area contributed by atoms with Crippen molar-refractivity contribution in [2.75, 3.05) is 0 Å². The van der Waals surface area contributed by atoms with E-state index in [1.54, 1.807) is 0 Å². The van der Waals surface area contributed by atoms with Crippen molar-refractivity contribution < 1.29 is 4.43 Å². The maximum Gasteiger partial charge on any atom is 0.241 e. The van der Waals surface area contributed by atoms with Gasteiger partial charge in [0.1, 0.15) is 0 Å². The number of hydrogen-bond acceptors (Lipinski definition) is 1. The van der Waals surface area contributed by atoms with Crippen LogP contribution < -0.4 is 0 Å². The molecule has 0 saturated heterocycles.